The van der Waals surface area contributed by atoms with E-state index in [2.05, 4.69) is 53.1 Å². The summed E-state index contributed by atoms with van der Waals surface area (Å²) in [6.45, 7) is 2.23. The minimum atomic E-state index is -0.311. The first kappa shape index (κ1) is 15.1. The molecule has 2 aliphatic rings. The number of carbonyl (C=O) groups is 1. The molecule has 0 spiro atoms. The monoisotopic (exact) mass is 322 g/mol. The summed E-state index contributed by atoms with van der Waals surface area (Å²) in [7, 11) is 0. The van der Waals surface area contributed by atoms with E-state index in [1.165, 1.54) is 16.7 Å². The second-order valence-corrected chi connectivity index (χ2v) is 6.48. The van der Waals surface area contributed by atoms with Crippen molar-refractivity contribution in [2.75, 3.05) is 11.9 Å². The molecular weight excluding hydrogens is 300 g/mol. The highest BCUT2D eigenvalue weighted by molar-refractivity contribution is 5.72. The highest BCUT2D eigenvalue weighted by Crippen LogP contribution is 2.43. The zero-order valence-corrected chi connectivity index (χ0v) is 13.8. The third kappa shape index (κ3) is 2.62. The van der Waals surface area contributed by atoms with Gasteiger partial charge in [0.2, 0.25) is 0 Å². The standard InChI is InChI=1S/C20H22N2O2/c1-2-24-20(23)22-17-11-10-13-7-5-9-18-19(13)15(17)12-14-6-3-4-8-16(14)21-18/h3-9,15,17,21H,2,10-12H2,1H3,(H,22,23)/t15-,17-/m0/s1. The summed E-state index contributed by atoms with van der Waals surface area (Å²) >= 11 is 0. The SMILES string of the molecule is CCOC(=O)N[C@H]1CCc2cccc3c2[C@H]1Cc1ccccc1N3. The third-order valence-electron chi connectivity index (χ3n) is 5.08. The number of para-hydroxylation sites is 1. The molecule has 2 aromatic rings. The molecule has 0 saturated carbocycles. The summed E-state index contributed by atoms with van der Waals surface area (Å²) in [5.74, 6) is 0.269. The maximum Gasteiger partial charge on any atom is 0.407 e. The number of ether oxygens (including phenoxy) is 1. The molecule has 0 aromatic heterocycles. The van der Waals surface area contributed by atoms with Crippen molar-refractivity contribution in [3.05, 3.63) is 59.2 Å². The molecule has 4 heteroatoms. The van der Waals surface area contributed by atoms with Crippen LogP contribution in [0, 0.1) is 0 Å². The summed E-state index contributed by atoms with van der Waals surface area (Å²) < 4.78 is 5.11. The number of benzene rings is 2. The number of alkyl carbamates (subject to hydrolysis) is 1. The smallest absolute Gasteiger partial charge is 0.407 e. The summed E-state index contributed by atoms with van der Waals surface area (Å²) in [6.07, 6.45) is 2.54. The second-order valence-electron chi connectivity index (χ2n) is 6.48. The van der Waals surface area contributed by atoms with Crippen LogP contribution in [-0.2, 0) is 17.6 Å². The fourth-order valence-electron chi connectivity index (χ4n) is 4.03. The van der Waals surface area contributed by atoms with Gasteiger partial charge in [-0.05, 0) is 55.0 Å². The number of hydrogen-bond donors (Lipinski definition) is 2. The number of nitrogens with one attached hydrogen (secondary N) is 2. The largest absolute Gasteiger partial charge is 0.450 e. The Hall–Kier alpha value is -2.49. The number of hydrogen-bond acceptors (Lipinski definition) is 3. The lowest BCUT2D eigenvalue weighted by Crippen LogP contribution is -2.42. The van der Waals surface area contributed by atoms with Crippen LogP contribution in [0.4, 0.5) is 16.2 Å². The molecule has 4 rings (SSSR count). The zero-order chi connectivity index (χ0) is 16.5. The molecule has 0 fully saturated rings. The quantitative estimate of drug-likeness (QED) is 0.874. The molecule has 1 aliphatic carbocycles. The molecule has 24 heavy (non-hydrogen) atoms. The molecule has 1 aliphatic heterocycles. The molecule has 0 radical (unpaired) electrons. The van der Waals surface area contributed by atoms with Crippen molar-refractivity contribution in [1.29, 1.82) is 0 Å². The topological polar surface area (TPSA) is 50.4 Å². The molecule has 0 saturated heterocycles. The number of aryl methyl sites for hydroxylation is 1. The number of carbonyl (C=O) groups excluding carboxylic acids is 1. The lowest BCUT2D eigenvalue weighted by molar-refractivity contribution is 0.145. The van der Waals surface area contributed by atoms with Gasteiger partial charge in [-0.2, -0.15) is 0 Å². The van der Waals surface area contributed by atoms with Gasteiger partial charge >= 0.3 is 6.09 Å². The summed E-state index contributed by atoms with van der Waals surface area (Å²) in [5, 5.41) is 6.69. The normalized spacial score (nSPS) is 20.9. The van der Waals surface area contributed by atoms with Gasteiger partial charge in [0, 0.05) is 23.3 Å². The average molecular weight is 322 g/mol. The maximum atomic E-state index is 12.0. The van der Waals surface area contributed by atoms with Crippen LogP contribution in [0.5, 0.6) is 0 Å². The van der Waals surface area contributed by atoms with E-state index in [0.717, 1.165) is 30.6 Å². The average Bonchev–Trinajstić information content (AvgIpc) is 2.75. The van der Waals surface area contributed by atoms with Crippen molar-refractivity contribution in [2.24, 2.45) is 0 Å². The summed E-state index contributed by atoms with van der Waals surface area (Å²) in [5.41, 5.74) is 6.36. The summed E-state index contributed by atoms with van der Waals surface area (Å²) in [6, 6.07) is 15.0. The first-order chi connectivity index (χ1) is 11.8. The van der Waals surface area contributed by atoms with Crippen molar-refractivity contribution in [1.82, 2.24) is 5.32 Å². The Labute approximate surface area is 142 Å². The molecule has 4 nitrogen and oxygen atoms in total. The van der Waals surface area contributed by atoms with Gasteiger partial charge in [-0.1, -0.05) is 30.3 Å². The van der Waals surface area contributed by atoms with Gasteiger partial charge in [0.25, 0.3) is 0 Å². The minimum absolute atomic E-state index is 0.102. The van der Waals surface area contributed by atoms with Crippen LogP contribution >= 0.6 is 0 Å². The van der Waals surface area contributed by atoms with Crippen molar-refractivity contribution in [3.63, 3.8) is 0 Å². The van der Waals surface area contributed by atoms with Gasteiger partial charge < -0.3 is 15.4 Å². The van der Waals surface area contributed by atoms with Gasteiger partial charge in [-0.3, -0.25) is 0 Å². The van der Waals surface area contributed by atoms with E-state index < -0.39 is 0 Å². The van der Waals surface area contributed by atoms with Gasteiger partial charge in [0.15, 0.2) is 0 Å². The Balaban J connectivity index is 1.74. The van der Waals surface area contributed by atoms with Crippen molar-refractivity contribution in [3.8, 4) is 0 Å². The zero-order valence-electron chi connectivity index (χ0n) is 13.8. The molecule has 2 aromatic carbocycles. The summed E-state index contributed by atoms with van der Waals surface area (Å²) in [4.78, 5) is 12.0. The Kier molecular flexibility index (Phi) is 3.89. The van der Waals surface area contributed by atoms with Gasteiger partial charge in [-0.25, -0.2) is 4.79 Å². The number of anilines is 2. The molecule has 1 amide bonds. The van der Waals surface area contributed by atoms with Crippen LogP contribution in [0.3, 0.4) is 0 Å². The molecule has 0 unspecified atom stereocenters. The molecule has 0 bridgehead atoms. The Morgan fingerprint density at radius 1 is 1.17 bits per heavy atom. The van der Waals surface area contributed by atoms with E-state index >= 15 is 0 Å². The van der Waals surface area contributed by atoms with E-state index in [4.69, 9.17) is 4.74 Å². The van der Waals surface area contributed by atoms with Gasteiger partial charge in [-0.15, -0.1) is 0 Å². The van der Waals surface area contributed by atoms with E-state index in [0.29, 0.717) is 6.61 Å². The molecule has 1 heterocycles. The molecule has 2 N–H and O–H groups in total. The lowest BCUT2D eigenvalue weighted by Gasteiger charge is -2.34. The first-order valence-corrected chi connectivity index (χ1v) is 8.66. The van der Waals surface area contributed by atoms with Crippen LogP contribution in [0.25, 0.3) is 0 Å². The predicted octanol–water partition coefficient (Wildman–Crippen LogP) is 4.13. The van der Waals surface area contributed by atoms with Gasteiger partial charge in [0.05, 0.1) is 6.61 Å². The maximum absolute atomic E-state index is 12.0. The Morgan fingerprint density at radius 3 is 2.83 bits per heavy atom. The van der Waals surface area contributed by atoms with E-state index in [-0.39, 0.29) is 18.1 Å². The predicted molar refractivity (Wildman–Crippen MR) is 94.9 cm³/mol. The second kappa shape index (κ2) is 6.19. The van der Waals surface area contributed by atoms with Crippen LogP contribution in [-0.4, -0.2) is 18.7 Å². The molecular formula is C20H22N2O2. The molecule has 2 atom stereocenters. The highest BCUT2D eigenvalue weighted by Gasteiger charge is 2.35. The van der Waals surface area contributed by atoms with Crippen molar-refractivity contribution < 1.29 is 9.53 Å². The van der Waals surface area contributed by atoms with Crippen molar-refractivity contribution >= 4 is 17.5 Å². The minimum Gasteiger partial charge on any atom is -0.450 e. The fraction of sp³-hybridized carbons (Fsp3) is 0.350. The Morgan fingerprint density at radius 2 is 1.96 bits per heavy atom. The third-order valence-corrected chi connectivity index (χ3v) is 5.08. The fourth-order valence-corrected chi connectivity index (χ4v) is 4.03. The van der Waals surface area contributed by atoms with Crippen LogP contribution in [0.2, 0.25) is 0 Å². The number of fused-ring (bicyclic) bond motifs is 1. The van der Waals surface area contributed by atoms with Crippen LogP contribution in [0.15, 0.2) is 42.5 Å². The van der Waals surface area contributed by atoms with Crippen molar-refractivity contribution in [2.45, 2.75) is 38.1 Å². The Bertz CT molecular complexity index is 772. The number of rotatable bonds is 2. The van der Waals surface area contributed by atoms with Crippen LogP contribution in [0.1, 0.15) is 36.0 Å². The van der Waals surface area contributed by atoms with E-state index in [1.807, 2.05) is 6.92 Å². The molecule has 124 valence electrons. The van der Waals surface area contributed by atoms with E-state index in [9.17, 15) is 4.79 Å². The first-order valence-electron chi connectivity index (χ1n) is 8.66. The number of amides is 1. The lowest BCUT2D eigenvalue weighted by atomic mass is 9.76. The highest BCUT2D eigenvalue weighted by atomic mass is 16.5. The van der Waals surface area contributed by atoms with Crippen LogP contribution < -0.4 is 10.6 Å². The van der Waals surface area contributed by atoms with E-state index in [1.54, 1.807) is 0 Å². The van der Waals surface area contributed by atoms with Gasteiger partial charge in [0.1, 0.15) is 0 Å².